The molecule has 0 bridgehead atoms. The molecular weight excluding hydrogens is 160 g/mol. The van der Waals surface area contributed by atoms with Gasteiger partial charge >= 0.3 is 0 Å². The van der Waals surface area contributed by atoms with Crippen LogP contribution < -0.4 is 0 Å². The molecule has 0 aromatic carbocycles. The van der Waals surface area contributed by atoms with Gasteiger partial charge in [-0.1, -0.05) is 13.8 Å². The SMILES string of the molecule is CC(C)[C@H]1C[C@@H]2CN(C)CCN2C1. The first-order valence-corrected chi connectivity index (χ1v) is 5.59. The van der Waals surface area contributed by atoms with Crippen LogP contribution in [-0.2, 0) is 0 Å². The van der Waals surface area contributed by atoms with Crippen LogP contribution >= 0.6 is 0 Å². The van der Waals surface area contributed by atoms with Gasteiger partial charge in [0, 0.05) is 32.2 Å². The lowest BCUT2D eigenvalue weighted by Gasteiger charge is -2.35. The third-order valence-electron chi connectivity index (χ3n) is 3.79. The van der Waals surface area contributed by atoms with Gasteiger partial charge in [-0.05, 0) is 25.3 Å². The summed E-state index contributed by atoms with van der Waals surface area (Å²) in [6.07, 6.45) is 1.43. The Morgan fingerprint density at radius 1 is 1.15 bits per heavy atom. The average molecular weight is 182 g/mol. The van der Waals surface area contributed by atoms with Crippen LogP contribution in [0.5, 0.6) is 0 Å². The summed E-state index contributed by atoms with van der Waals surface area (Å²) in [6, 6.07) is 0.867. The van der Waals surface area contributed by atoms with Gasteiger partial charge in [-0.15, -0.1) is 0 Å². The fourth-order valence-corrected chi connectivity index (χ4v) is 2.72. The van der Waals surface area contributed by atoms with E-state index in [0.717, 1.165) is 17.9 Å². The van der Waals surface area contributed by atoms with E-state index in [2.05, 4.69) is 30.7 Å². The van der Waals surface area contributed by atoms with Gasteiger partial charge in [-0.3, -0.25) is 4.90 Å². The van der Waals surface area contributed by atoms with Crippen LogP contribution in [0, 0.1) is 11.8 Å². The highest BCUT2D eigenvalue weighted by Gasteiger charge is 2.35. The van der Waals surface area contributed by atoms with Crippen molar-refractivity contribution in [2.24, 2.45) is 11.8 Å². The van der Waals surface area contributed by atoms with Crippen molar-refractivity contribution >= 4 is 0 Å². The highest BCUT2D eigenvalue weighted by atomic mass is 15.3. The molecule has 2 saturated heterocycles. The molecule has 0 amide bonds. The van der Waals surface area contributed by atoms with Crippen LogP contribution in [0.3, 0.4) is 0 Å². The molecule has 2 aliphatic heterocycles. The highest BCUT2D eigenvalue weighted by molar-refractivity contribution is 4.91. The smallest absolute Gasteiger partial charge is 0.0226 e. The minimum Gasteiger partial charge on any atom is -0.304 e. The maximum absolute atomic E-state index is 2.70. The molecule has 0 N–H and O–H groups in total. The Morgan fingerprint density at radius 3 is 2.62 bits per heavy atom. The zero-order valence-electron chi connectivity index (χ0n) is 9.16. The maximum Gasteiger partial charge on any atom is 0.0226 e. The van der Waals surface area contributed by atoms with Crippen molar-refractivity contribution in [3.8, 4) is 0 Å². The van der Waals surface area contributed by atoms with Crippen molar-refractivity contribution in [1.29, 1.82) is 0 Å². The largest absolute Gasteiger partial charge is 0.304 e. The fraction of sp³-hybridized carbons (Fsp3) is 1.00. The molecule has 0 saturated carbocycles. The molecule has 0 unspecified atom stereocenters. The number of hydrogen-bond donors (Lipinski definition) is 0. The van der Waals surface area contributed by atoms with E-state index in [1.165, 1.54) is 32.6 Å². The molecule has 0 aromatic heterocycles. The van der Waals surface area contributed by atoms with E-state index < -0.39 is 0 Å². The molecule has 2 atom stereocenters. The lowest BCUT2D eigenvalue weighted by atomic mass is 9.93. The molecule has 13 heavy (non-hydrogen) atoms. The highest BCUT2D eigenvalue weighted by Crippen LogP contribution is 2.30. The van der Waals surface area contributed by atoms with Crippen molar-refractivity contribution in [3.05, 3.63) is 0 Å². The van der Waals surface area contributed by atoms with Crippen LogP contribution in [-0.4, -0.2) is 49.1 Å². The van der Waals surface area contributed by atoms with Crippen LogP contribution in [0.2, 0.25) is 0 Å². The van der Waals surface area contributed by atoms with Crippen LogP contribution in [0.1, 0.15) is 20.3 Å². The van der Waals surface area contributed by atoms with Gasteiger partial charge in [-0.2, -0.15) is 0 Å². The third kappa shape index (κ3) is 1.89. The number of hydrogen-bond acceptors (Lipinski definition) is 2. The predicted molar refractivity (Wildman–Crippen MR) is 55.8 cm³/mol. The Balaban J connectivity index is 1.94. The summed E-state index contributed by atoms with van der Waals surface area (Å²) in [6.45, 7) is 9.95. The summed E-state index contributed by atoms with van der Waals surface area (Å²) in [5.74, 6) is 1.83. The van der Waals surface area contributed by atoms with Crippen LogP contribution in [0.4, 0.5) is 0 Å². The first-order chi connectivity index (χ1) is 6.16. The first kappa shape index (κ1) is 9.47. The maximum atomic E-state index is 2.70. The Bertz CT molecular complexity index is 179. The van der Waals surface area contributed by atoms with Crippen LogP contribution in [0.15, 0.2) is 0 Å². The second-order valence-electron chi connectivity index (χ2n) is 5.15. The molecule has 2 rings (SSSR count). The van der Waals surface area contributed by atoms with Crippen molar-refractivity contribution < 1.29 is 0 Å². The van der Waals surface area contributed by atoms with Crippen molar-refractivity contribution in [2.45, 2.75) is 26.3 Å². The zero-order chi connectivity index (χ0) is 9.42. The molecule has 0 spiro atoms. The van der Waals surface area contributed by atoms with E-state index in [-0.39, 0.29) is 0 Å². The number of piperazine rings is 1. The lowest BCUT2D eigenvalue weighted by molar-refractivity contribution is 0.123. The number of likely N-dealkylation sites (N-methyl/N-ethyl adjacent to an activating group) is 1. The van der Waals surface area contributed by atoms with Gasteiger partial charge < -0.3 is 4.90 Å². The number of nitrogens with zero attached hydrogens (tertiary/aromatic N) is 2. The van der Waals surface area contributed by atoms with E-state index >= 15 is 0 Å². The first-order valence-electron chi connectivity index (χ1n) is 5.59. The van der Waals surface area contributed by atoms with E-state index in [0.29, 0.717) is 0 Å². The molecule has 2 heterocycles. The van der Waals surface area contributed by atoms with Gasteiger partial charge in [0.05, 0.1) is 0 Å². The van der Waals surface area contributed by atoms with Gasteiger partial charge in [0.2, 0.25) is 0 Å². The van der Waals surface area contributed by atoms with Gasteiger partial charge in [-0.25, -0.2) is 0 Å². The topological polar surface area (TPSA) is 6.48 Å². The van der Waals surface area contributed by atoms with E-state index in [9.17, 15) is 0 Å². The van der Waals surface area contributed by atoms with Gasteiger partial charge in [0.25, 0.3) is 0 Å². The normalized spacial score (nSPS) is 36.9. The molecule has 0 aromatic rings. The minimum atomic E-state index is 0.867. The molecule has 2 fully saturated rings. The van der Waals surface area contributed by atoms with E-state index in [1.54, 1.807) is 0 Å². The predicted octanol–water partition coefficient (Wildman–Crippen LogP) is 1.28. The molecule has 2 nitrogen and oxygen atoms in total. The standard InChI is InChI=1S/C11H22N2/c1-9(2)10-6-11-8-12(3)4-5-13(11)7-10/h9-11H,4-8H2,1-3H3/t10-,11+/m0/s1. The summed E-state index contributed by atoms with van der Waals surface area (Å²) in [4.78, 5) is 5.18. The Morgan fingerprint density at radius 2 is 1.92 bits per heavy atom. The van der Waals surface area contributed by atoms with E-state index in [4.69, 9.17) is 0 Å². The summed E-state index contributed by atoms with van der Waals surface area (Å²) < 4.78 is 0. The molecule has 2 heteroatoms. The average Bonchev–Trinajstić information content (AvgIpc) is 2.46. The van der Waals surface area contributed by atoms with Crippen molar-refractivity contribution in [1.82, 2.24) is 9.80 Å². The second-order valence-corrected chi connectivity index (χ2v) is 5.15. The molecular formula is C11H22N2. The zero-order valence-corrected chi connectivity index (χ0v) is 9.16. The Labute approximate surface area is 81.9 Å². The summed E-state index contributed by atoms with van der Waals surface area (Å²) in [7, 11) is 2.25. The van der Waals surface area contributed by atoms with Gasteiger partial charge in [0.15, 0.2) is 0 Å². The molecule has 76 valence electrons. The number of rotatable bonds is 1. The summed E-state index contributed by atoms with van der Waals surface area (Å²) >= 11 is 0. The molecule has 0 radical (unpaired) electrons. The van der Waals surface area contributed by atoms with E-state index in [1.807, 2.05) is 0 Å². The summed E-state index contributed by atoms with van der Waals surface area (Å²) in [5, 5.41) is 0. The fourth-order valence-electron chi connectivity index (χ4n) is 2.72. The van der Waals surface area contributed by atoms with Crippen molar-refractivity contribution in [2.75, 3.05) is 33.2 Å². The minimum absolute atomic E-state index is 0.867. The molecule has 2 aliphatic rings. The van der Waals surface area contributed by atoms with Crippen molar-refractivity contribution in [3.63, 3.8) is 0 Å². The number of fused-ring (bicyclic) bond motifs is 1. The lowest BCUT2D eigenvalue weighted by Crippen LogP contribution is -2.48. The van der Waals surface area contributed by atoms with Gasteiger partial charge in [0.1, 0.15) is 0 Å². The quantitative estimate of drug-likeness (QED) is 0.603. The third-order valence-corrected chi connectivity index (χ3v) is 3.79. The monoisotopic (exact) mass is 182 g/mol. The Kier molecular flexibility index (Phi) is 2.61. The Hall–Kier alpha value is -0.0800. The molecule has 0 aliphatic carbocycles. The second kappa shape index (κ2) is 3.58. The van der Waals surface area contributed by atoms with Crippen LogP contribution in [0.25, 0.3) is 0 Å². The summed E-state index contributed by atoms with van der Waals surface area (Å²) in [5.41, 5.74) is 0.